The van der Waals surface area contributed by atoms with Crippen LogP contribution in [0.5, 0.6) is 0 Å². The van der Waals surface area contributed by atoms with E-state index in [1.165, 1.54) is 38.5 Å². The number of nitrogens with zero attached hydrogens (tertiary/aromatic N) is 1. The molecule has 1 amide bonds. The lowest BCUT2D eigenvalue weighted by Gasteiger charge is -2.21. The van der Waals surface area contributed by atoms with Gasteiger partial charge in [0.05, 0.1) is 5.71 Å². The fourth-order valence-corrected chi connectivity index (χ4v) is 2.97. The van der Waals surface area contributed by atoms with Gasteiger partial charge in [-0.2, -0.15) is 5.10 Å². The zero-order valence-electron chi connectivity index (χ0n) is 10.3. The van der Waals surface area contributed by atoms with E-state index in [1.54, 1.807) is 0 Å². The Morgan fingerprint density at radius 2 is 1.59 bits per heavy atom. The fourth-order valence-electron chi connectivity index (χ4n) is 2.66. The number of hydrogen-bond donors (Lipinski definition) is 1. The Labute approximate surface area is 108 Å². The zero-order chi connectivity index (χ0) is 12.1. The summed E-state index contributed by atoms with van der Waals surface area (Å²) in [6.07, 6.45) is 11.3. The minimum Gasteiger partial charge on any atom is -0.271 e. The van der Waals surface area contributed by atoms with Gasteiger partial charge in [-0.1, -0.05) is 44.9 Å². The number of carbonyl (C=O) groups is 1. The number of nitrogens with one attached hydrogen (secondary N) is 1. The molecule has 0 saturated heterocycles. The molecule has 0 bridgehead atoms. The van der Waals surface area contributed by atoms with Gasteiger partial charge in [-0.15, -0.1) is 11.6 Å². The summed E-state index contributed by atoms with van der Waals surface area (Å²) in [5, 5.41) is 4.12. The van der Waals surface area contributed by atoms with Crippen LogP contribution >= 0.6 is 11.6 Å². The van der Waals surface area contributed by atoms with Crippen LogP contribution in [-0.2, 0) is 4.79 Å². The summed E-state index contributed by atoms with van der Waals surface area (Å²) < 4.78 is 0. The smallest absolute Gasteiger partial charge is 0.267 e. The fraction of sp³-hybridized carbons (Fsp3) is 0.846. The average Bonchev–Trinajstić information content (AvgIpc) is 2.57. The maximum Gasteiger partial charge on any atom is 0.267 e. The SMILES string of the molecule is O=C1NN=C2CCCCCCCCCCC12Cl. The first-order chi connectivity index (χ1) is 8.23. The van der Waals surface area contributed by atoms with E-state index >= 15 is 0 Å². The molecule has 0 aromatic rings. The lowest BCUT2D eigenvalue weighted by molar-refractivity contribution is -0.121. The molecule has 1 N–H and O–H groups in total. The van der Waals surface area contributed by atoms with Crippen molar-refractivity contribution < 1.29 is 4.79 Å². The van der Waals surface area contributed by atoms with E-state index in [2.05, 4.69) is 10.5 Å². The third-order valence-electron chi connectivity index (χ3n) is 3.79. The Balaban J connectivity index is 2.01. The van der Waals surface area contributed by atoms with E-state index in [0.29, 0.717) is 0 Å². The number of carbonyl (C=O) groups excluding carboxylic acids is 1. The highest BCUT2D eigenvalue weighted by Gasteiger charge is 2.44. The molecule has 0 aromatic carbocycles. The third kappa shape index (κ3) is 3.01. The molecule has 1 saturated carbocycles. The van der Waals surface area contributed by atoms with Gasteiger partial charge in [-0.05, 0) is 19.3 Å². The number of hydrazone groups is 1. The minimum absolute atomic E-state index is 0.119. The second-order valence-electron chi connectivity index (χ2n) is 5.13. The Morgan fingerprint density at radius 1 is 1.00 bits per heavy atom. The van der Waals surface area contributed by atoms with Crippen LogP contribution < -0.4 is 5.43 Å². The number of rotatable bonds is 0. The molecule has 1 fully saturated rings. The molecule has 1 aliphatic heterocycles. The first-order valence-electron chi connectivity index (χ1n) is 6.80. The van der Waals surface area contributed by atoms with E-state index < -0.39 is 4.87 Å². The largest absolute Gasteiger partial charge is 0.271 e. The first kappa shape index (κ1) is 12.9. The highest BCUT2D eigenvalue weighted by molar-refractivity contribution is 6.48. The maximum absolute atomic E-state index is 11.8. The van der Waals surface area contributed by atoms with Crippen molar-refractivity contribution >= 4 is 23.2 Å². The summed E-state index contributed by atoms with van der Waals surface area (Å²) in [5.74, 6) is -0.119. The molecule has 0 radical (unpaired) electrons. The van der Waals surface area contributed by atoms with Gasteiger partial charge in [0.1, 0.15) is 0 Å². The molecule has 4 heteroatoms. The molecule has 1 aliphatic carbocycles. The Morgan fingerprint density at radius 3 is 2.29 bits per heavy atom. The first-order valence-corrected chi connectivity index (χ1v) is 7.18. The zero-order valence-corrected chi connectivity index (χ0v) is 11.1. The van der Waals surface area contributed by atoms with E-state index in [0.717, 1.165) is 31.4 Å². The second kappa shape index (κ2) is 5.85. The Hall–Kier alpha value is -0.570. The number of alkyl halides is 1. The molecular weight excluding hydrogens is 236 g/mol. The van der Waals surface area contributed by atoms with E-state index in [9.17, 15) is 4.79 Å². The molecule has 1 atom stereocenters. The average molecular weight is 257 g/mol. The lowest BCUT2D eigenvalue weighted by atomic mass is 9.90. The van der Waals surface area contributed by atoms with Gasteiger partial charge in [-0.3, -0.25) is 4.79 Å². The lowest BCUT2D eigenvalue weighted by Crippen LogP contribution is -2.40. The topological polar surface area (TPSA) is 41.5 Å². The summed E-state index contributed by atoms with van der Waals surface area (Å²) >= 11 is 6.48. The summed E-state index contributed by atoms with van der Waals surface area (Å²) in [6.45, 7) is 0. The van der Waals surface area contributed by atoms with Crippen LogP contribution in [0.1, 0.15) is 64.2 Å². The number of halogens is 1. The molecule has 0 spiro atoms. The molecule has 3 nitrogen and oxygen atoms in total. The molecule has 2 aliphatic rings. The summed E-state index contributed by atoms with van der Waals surface area (Å²) in [7, 11) is 0. The second-order valence-corrected chi connectivity index (χ2v) is 5.77. The normalized spacial score (nSPS) is 31.8. The Kier molecular flexibility index (Phi) is 4.43. The van der Waals surface area contributed by atoms with Crippen molar-refractivity contribution in [3.8, 4) is 0 Å². The van der Waals surface area contributed by atoms with Crippen LogP contribution in [0.4, 0.5) is 0 Å². The van der Waals surface area contributed by atoms with Crippen molar-refractivity contribution in [3.05, 3.63) is 0 Å². The van der Waals surface area contributed by atoms with Crippen LogP contribution in [0.2, 0.25) is 0 Å². The van der Waals surface area contributed by atoms with Crippen LogP contribution in [-0.4, -0.2) is 16.5 Å². The highest BCUT2D eigenvalue weighted by atomic mass is 35.5. The van der Waals surface area contributed by atoms with Crippen molar-refractivity contribution in [1.82, 2.24) is 5.43 Å². The number of hydrogen-bond acceptors (Lipinski definition) is 2. The molecule has 96 valence electrons. The number of amides is 1. The standard InChI is InChI=1S/C13H21ClN2O/c14-13-10-8-6-4-2-1-3-5-7-9-11(13)15-16-12(13)17/h1-10H2,(H,16,17). The monoisotopic (exact) mass is 256 g/mol. The molecule has 17 heavy (non-hydrogen) atoms. The van der Waals surface area contributed by atoms with Crippen molar-refractivity contribution in [2.45, 2.75) is 69.1 Å². The van der Waals surface area contributed by atoms with Gasteiger partial charge in [0, 0.05) is 0 Å². The number of fused-ring (bicyclic) bond motifs is 1. The molecule has 1 unspecified atom stereocenters. The van der Waals surface area contributed by atoms with Gasteiger partial charge in [-0.25, -0.2) is 5.43 Å². The summed E-state index contributed by atoms with van der Waals surface area (Å²) in [5.41, 5.74) is 3.41. The van der Waals surface area contributed by atoms with Gasteiger partial charge in [0.2, 0.25) is 0 Å². The van der Waals surface area contributed by atoms with E-state index in [4.69, 9.17) is 11.6 Å². The minimum atomic E-state index is -0.834. The molecule has 2 rings (SSSR count). The molecule has 1 heterocycles. The quantitative estimate of drug-likeness (QED) is 0.664. The van der Waals surface area contributed by atoms with Gasteiger partial charge in [0.25, 0.3) is 5.91 Å². The molecule has 0 aromatic heterocycles. The van der Waals surface area contributed by atoms with Crippen LogP contribution in [0.15, 0.2) is 5.10 Å². The van der Waals surface area contributed by atoms with Crippen molar-refractivity contribution in [2.24, 2.45) is 5.10 Å². The third-order valence-corrected chi connectivity index (χ3v) is 4.37. The van der Waals surface area contributed by atoms with Gasteiger partial charge >= 0.3 is 0 Å². The predicted molar refractivity (Wildman–Crippen MR) is 70.3 cm³/mol. The predicted octanol–water partition coefficient (Wildman–Crippen LogP) is 3.36. The van der Waals surface area contributed by atoms with Crippen LogP contribution in [0.3, 0.4) is 0 Å². The van der Waals surface area contributed by atoms with Crippen LogP contribution in [0.25, 0.3) is 0 Å². The maximum atomic E-state index is 11.8. The van der Waals surface area contributed by atoms with Gasteiger partial charge < -0.3 is 0 Å². The van der Waals surface area contributed by atoms with E-state index in [-0.39, 0.29) is 5.91 Å². The van der Waals surface area contributed by atoms with Crippen LogP contribution in [0, 0.1) is 0 Å². The van der Waals surface area contributed by atoms with E-state index in [1.807, 2.05) is 0 Å². The van der Waals surface area contributed by atoms with Crippen molar-refractivity contribution in [1.29, 1.82) is 0 Å². The summed E-state index contributed by atoms with van der Waals surface area (Å²) in [4.78, 5) is 11.0. The van der Waals surface area contributed by atoms with Crippen molar-refractivity contribution in [3.63, 3.8) is 0 Å². The highest BCUT2D eigenvalue weighted by Crippen LogP contribution is 2.31. The summed E-state index contributed by atoms with van der Waals surface area (Å²) in [6, 6.07) is 0. The van der Waals surface area contributed by atoms with Gasteiger partial charge in [0.15, 0.2) is 4.87 Å². The molecular formula is C13H21ClN2O. The Bertz CT molecular complexity index is 317. The van der Waals surface area contributed by atoms with Crippen molar-refractivity contribution in [2.75, 3.05) is 0 Å².